The van der Waals surface area contributed by atoms with Gasteiger partial charge in [-0.1, -0.05) is 24.3 Å². The molecule has 8 heteroatoms. The Bertz CT molecular complexity index is 1070. The lowest BCUT2D eigenvalue weighted by molar-refractivity contribution is -0.122. The first-order valence-corrected chi connectivity index (χ1v) is 9.81. The van der Waals surface area contributed by atoms with Gasteiger partial charge in [-0.3, -0.25) is 14.4 Å². The molecule has 1 atom stereocenters. The van der Waals surface area contributed by atoms with E-state index in [1.165, 1.54) is 6.26 Å². The lowest BCUT2D eigenvalue weighted by atomic mass is 10.1. The second-order valence-corrected chi connectivity index (χ2v) is 7.03. The normalized spacial score (nSPS) is 14.3. The number of hydrogen-bond acceptors (Lipinski definition) is 5. The van der Waals surface area contributed by atoms with Gasteiger partial charge in [-0.2, -0.15) is 0 Å². The quantitative estimate of drug-likeness (QED) is 0.544. The van der Waals surface area contributed by atoms with Crippen LogP contribution in [0.5, 0.6) is 5.75 Å². The molecule has 0 spiro atoms. The minimum atomic E-state index is -0.618. The third-order valence-corrected chi connectivity index (χ3v) is 4.78. The van der Waals surface area contributed by atoms with Gasteiger partial charge in [0.1, 0.15) is 11.5 Å². The fourth-order valence-corrected chi connectivity index (χ4v) is 3.21. The number of furan rings is 1. The molecule has 3 aromatic rings. The number of anilines is 1. The van der Waals surface area contributed by atoms with Crippen LogP contribution in [0.4, 0.5) is 5.69 Å². The highest BCUT2D eigenvalue weighted by molar-refractivity contribution is 5.99. The molecule has 0 saturated heterocycles. The van der Waals surface area contributed by atoms with E-state index in [0.29, 0.717) is 29.2 Å². The Labute approximate surface area is 178 Å². The van der Waals surface area contributed by atoms with Crippen LogP contribution in [0.15, 0.2) is 71.3 Å². The lowest BCUT2D eigenvalue weighted by Gasteiger charge is -2.12. The van der Waals surface area contributed by atoms with E-state index in [1.807, 2.05) is 24.3 Å². The number of ether oxygens (including phenoxy) is 1. The zero-order chi connectivity index (χ0) is 21.6. The summed E-state index contributed by atoms with van der Waals surface area (Å²) in [4.78, 5) is 36.8. The van der Waals surface area contributed by atoms with Gasteiger partial charge in [0, 0.05) is 17.7 Å². The summed E-state index contributed by atoms with van der Waals surface area (Å²) in [6.07, 6.45) is 1.40. The molecule has 31 heavy (non-hydrogen) atoms. The van der Waals surface area contributed by atoms with Gasteiger partial charge in [-0.25, -0.2) is 0 Å². The van der Waals surface area contributed by atoms with E-state index in [9.17, 15) is 14.4 Å². The molecule has 0 saturated carbocycles. The Balaban J connectivity index is 1.28. The van der Waals surface area contributed by atoms with Crippen LogP contribution >= 0.6 is 0 Å². The van der Waals surface area contributed by atoms with Crippen LogP contribution in [-0.4, -0.2) is 30.4 Å². The highest BCUT2D eigenvalue weighted by Crippen LogP contribution is 2.28. The average Bonchev–Trinajstić information content (AvgIpc) is 3.46. The number of rotatable bonds is 7. The second kappa shape index (κ2) is 9.17. The van der Waals surface area contributed by atoms with Gasteiger partial charge in [0.05, 0.1) is 19.4 Å². The van der Waals surface area contributed by atoms with Crippen LogP contribution in [0.1, 0.15) is 21.7 Å². The van der Waals surface area contributed by atoms with Crippen molar-refractivity contribution >= 4 is 23.4 Å². The fraction of sp³-hybridized carbons (Fsp3) is 0.174. The van der Waals surface area contributed by atoms with Gasteiger partial charge in [0.15, 0.2) is 6.10 Å². The SMILES string of the molecule is O=C(CNC(=O)c1cccc(NC(=O)C2Cc3ccccc3O2)c1)NCc1ccco1. The Morgan fingerprint density at radius 2 is 1.84 bits per heavy atom. The zero-order valence-corrected chi connectivity index (χ0v) is 16.6. The van der Waals surface area contributed by atoms with Gasteiger partial charge < -0.3 is 25.1 Å². The predicted octanol–water partition coefficient (Wildman–Crippen LogP) is 2.27. The maximum absolute atomic E-state index is 12.6. The third-order valence-electron chi connectivity index (χ3n) is 4.78. The summed E-state index contributed by atoms with van der Waals surface area (Å²) in [7, 11) is 0. The zero-order valence-electron chi connectivity index (χ0n) is 16.6. The Morgan fingerprint density at radius 1 is 0.968 bits per heavy atom. The molecule has 1 aliphatic rings. The molecule has 2 heterocycles. The van der Waals surface area contributed by atoms with Gasteiger partial charge in [-0.15, -0.1) is 0 Å². The first-order chi connectivity index (χ1) is 15.1. The topological polar surface area (TPSA) is 110 Å². The fourth-order valence-electron chi connectivity index (χ4n) is 3.21. The second-order valence-electron chi connectivity index (χ2n) is 7.03. The molecule has 3 N–H and O–H groups in total. The summed E-state index contributed by atoms with van der Waals surface area (Å²) in [5.41, 5.74) is 1.79. The molecule has 8 nitrogen and oxygen atoms in total. The minimum absolute atomic E-state index is 0.176. The molecule has 2 aromatic carbocycles. The molecular weight excluding hydrogens is 398 g/mol. The lowest BCUT2D eigenvalue weighted by Crippen LogP contribution is -2.36. The van der Waals surface area contributed by atoms with Crippen molar-refractivity contribution in [3.05, 3.63) is 83.8 Å². The molecule has 158 valence electrons. The van der Waals surface area contributed by atoms with Crippen LogP contribution in [0.25, 0.3) is 0 Å². The average molecular weight is 419 g/mol. The van der Waals surface area contributed by atoms with Crippen molar-refractivity contribution in [2.75, 3.05) is 11.9 Å². The number of carbonyl (C=O) groups excluding carboxylic acids is 3. The minimum Gasteiger partial charge on any atom is -0.480 e. The maximum atomic E-state index is 12.6. The number of hydrogen-bond donors (Lipinski definition) is 3. The summed E-state index contributed by atoms with van der Waals surface area (Å²) in [6.45, 7) is 0.0701. The number of benzene rings is 2. The molecule has 4 rings (SSSR count). The van der Waals surface area contributed by atoms with Crippen LogP contribution in [-0.2, 0) is 22.6 Å². The smallest absolute Gasteiger partial charge is 0.265 e. The van der Waals surface area contributed by atoms with Crippen LogP contribution in [0.3, 0.4) is 0 Å². The molecule has 3 amide bonds. The molecule has 0 fully saturated rings. The van der Waals surface area contributed by atoms with Crippen molar-refractivity contribution in [1.29, 1.82) is 0 Å². The van der Waals surface area contributed by atoms with E-state index in [0.717, 1.165) is 5.56 Å². The molecule has 1 aliphatic heterocycles. The monoisotopic (exact) mass is 419 g/mol. The highest BCUT2D eigenvalue weighted by Gasteiger charge is 2.28. The largest absolute Gasteiger partial charge is 0.480 e. The molecular formula is C23H21N3O5. The molecule has 1 unspecified atom stereocenters. The van der Waals surface area contributed by atoms with Gasteiger partial charge in [0.25, 0.3) is 11.8 Å². The van der Waals surface area contributed by atoms with Crippen LogP contribution in [0, 0.1) is 0 Å². The van der Waals surface area contributed by atoms with Crippen molar-refractivity contribution in [1.82, 2.24) is 10.6 Å². The van der Waals surface area contributed by atoms with E-state index in [4.69, 9.17) is 9.15 Å². The van der Waals surface area contributed by atoms with E-state index in [1.54, 1.807) is 36.4 Å². The number of para-hydroxylation sites is 1. The number of nitrogens with one attached hydrogen (secondary N) is 3. The highest BCUT2D eigenvalue weighted by atomic mass is 16.5. The predicted molar refractivity (Wildman–Crippen MR) is 113 cm³/mol. The number of fused-ring (bicyclic) bond motifs is 1. The summed E-state index contributed by atoms with van der Waals surface area (Å²) in [5, 5.41) is 7.99. The van der Waals surface area contributed by atoms with Crippen molar-refractivity contribution in [3.8, 4) is 5.75 Å². The van der Waals surface area contributed by atoms with E-state index >= 15 is 0 Å². The number of carbonyl (C=O) groups is 3. The van der Waals surface area contributed by atoms with Crippen LogP contribution < -0.4 is 20.7 Å². The summed E-state index contributed by atoms with van der Waals surface area (Å²) in [6, 6.07) is 17.5. The van der Waals surface area contributed by atoms with Gasteiger partial charge in [0.2, 0.25) is 5.91 Å². The molecule has 0 aliphatic carbocycles. The van der Waals surface area contributed by atoms with Crippen molar-refractivity contribution < 1.29 is 23.5 Å². The standard InChI is InChI=1S/C23H21N3O5/c27-21(24-13-18-8-4-10-30-18)14-25-22(28)16-6-3-7-17(11-16)26-23(29)20-12-15-5-1-2-9-19(15)31-20/h1-11,20H,12-14H2,(H,24,27)(H,25,28)(H,26,29). The first-order valence-electron chi connectivity index (χ1n) is 9.81. The third kappa shape index (κ3) is 5.11. The van der Waals surface area contributed by atoms with Gasteiger partial charge >= 0.3 is 0 Å². The first kappa shape index (κ1) is 20.2. The summed E-state index contributed by atoms with van der Waals surface area (Å²) in [5.74, 6) is 0.283. The molecule has 0 bridgehead atoms. The Morgan fingerprint density at radius 3 is 2.65 bits per heavy atom. The maximum Gasteiger partial charge on any atom is 0.265 e. The van der Waals surface area contributed by atoms with Gasteiger partial charge in [-0.05, 0) is 42.0 Å². The van der Waals surface area contributed by atoms with Crippen molar-refractivity contribution in [2.45, 2.75) is 19.1 Å². The number of amides is 3. The van der Waals surface area contributed by atoms with Crippen LogP contribution in [0.2, 0.25) is 0 Å². The summed E-state index contributed by atoms with van der Waals surface area (Å²) >= 11 is 0. The Hall–Kier alpha value is -4.07. The van der Waals surface area contributed by atoms with Crippen molar-refractivity contribution in [2.24, 2.45) is 0 Å². The summed E-state index contributed by atoms with van der Waals surface area (Å²) < 4.78 is 10.8. The van der Waals surface area contributed by atoms with E-state index in [2.05, 4.69) is 16.0 Å². The van der Waals surface area contributed by atoms with E-state index in [-0.39, 0.29) is 24.9 Å². The molecule has 0 radical (unpaired) electrons. The Kier molecular flexibility index (Phi) is 5.98. The van der Waals surface area contributed by atoms with Crippen molar-refractivity contribution in [3.63, 3.8) is 0 Å². The molecule has 1 aromatic heterocycles. The van der Waals surface area contributed by atoms with E-state index < -0.39 is 12.0 Å².